The van der Waals surface area contributed by atoms with Crippen molar-refractivity contribution >= 4 is 45.4 Å². The second kappa shape index (κ2) is 3.63. The molecule has 0 fully saturated rings. The van der Waals surface area contributed by atoms with Crippen LogP contribution in [0.5, 0.6) is 0 Å². The van der Waals surface area contributed by atoms with Crippen LogP contribution >= 0.6 is 40.2 Å². The molecule has 0 saturated heterocycles. The predicted octanol–water partition coefficient (Wildman–Crippen LogP) is 3.13. The normalized spacial score (nSPS) is 13.2. The van der Waals surface area contributed by atoms with Crippen LogP contribution in [0.1, 0.15) is 13.8 Å². The summed E-state index contributed by atoms with van der Waals surface area (Å²) in [6.45, 7) is 2.64. The van der Waals surface area contributed by atoms with Gasteiger partial charge in [0, 0.05) is 0 Å². The van der Waals surface area contributed by atoms with Crippen LogP contribution in [0.25, 0.3) is 0 Å². The zero-order valence-electron chi connectivity index (χ0n) is 5.81. The van der Waals surface area contributed by atoms with E-state index in [9.17, 15) is 9.36 Å². The van der Waals surface area contributed by atoms with Crippen molar-refractivity contribution in [2.75, 3.05) is 0 Å². The van der Waals surface area contributed by atoms with Gasteiger partial charge in [-0.1, -0.05) is 0 Å². The summed E-state index contributed by atoms with van der Waals surface area (Å²) in [5.74, 6) is 0. The Morgan fingerprint density at radius 1 is 1.45 bits per heavy atom. The Labute approximate surface area is 79.0 Å². The van der Waals surface area contributed by atoms with E-state index >= 15 is 0 Å². The molecule has 0 N–H and O–H groups in total. The minimum Gasteiger partial charge on any atom is -0.291 e. The second-order valence-electron chi connectivity index (χ2n) is 2.29. The standard InChI is InChI=1S/C4H6Cl3O3P/c1-4(2,3(5)8)10-11(6,7)9/h1-2H3. The first kappa shape index (κ1) is 11.7. The van der Waals surface area contributed by atoms with E-state index in [1.54, 1.807) is 0 Å². The number of rotatable bonds is 3. The molecule has 11 heavy (non-hydrogen) atoms. The molecule has 0 aliphatic rings. The van der Waals surface area contributed by atoms with E-state index in [4.69, 9.17) is 34.1 Å². The minimum absolute atomic E-state index is 0.806. The van der Waals surface area contributed by atoms with Gasteiger partial charge in [0.05, 0.1) is 0 Å². The average molecular weight is 239 g/mol. The lowest BCUT2D eigenvalue weighted by molar-refractivity contribution is -0.123. The first-order valence-electron chi connectivity index (χ1n) is 2.55. The molecule has 7 heteroatoms. The summed E-state index contributed by atoms with van der Waals surface area (Å²) < 4.78 is 15.1. The fourth-order valence-electron chi connectivity index (χ4n) is 0.302. The number of hydrogen-bond donors (Lipinski definition) is 0. The molecule has 3 nitrogen and oxygen atoms in total. The molecule has 66 valence electrons. The molecule has 0 aliphatic heterocycles. The van der Waals surface area contributed by atoms with Crippen LogP contribution in [0.3, 0.4) is 0 Å². The third-order valence-electron chi connectivity index (χ3n) is 0.808. The molecule has 0 unspecified atom stereocenters. The van der Waals surface area contributed by atoms with Crippen LogP contribution < -0.4 is 0 Å². The van der Waals surface area contributed by atoms with E-state index < -0.39 is 16.9 Å². The molecule has 0 aromatic heterocycles. The molecule has 0 spiro atoms. The Morgan fingerprint density at radius 3 is 1.91 bits per heavy atom. The smallest absolute Gasteiger partial charge is 0.291 e. The van der Waals surface area contributed by atoms with Crippen LogP contribution in [-0.4, -0.2) is 10.8 Å². The lowest BCUT2D eigenvalue weighted by Gasteiger charge is -2.19. The zero-order chi connectivity index (χ0) is 9.28. The van der Waals surface area contributed by atoms with Crippen molar-refractivity contribution < 1.29 is 13.9 Å². The lowest BCUT2D eigenvalue weighted by atomic mass is 10.2. The van der Waals surface area contributed by atoms with Crippen LogP contribution in [0, 0.1) is 0 Å². The van der Waals surface area contributed by atoms with Gasteiger partial charge in [-0.15, -0.1) is 0 Å². The van der Waals surface area contributed by atoms with E-state index in [1.165, 1.54) is 13.8 Å². The molecule has 0 heterocycles. The van der Waals surface area contributed by atoms with Crippen molar-refractivity contribution in [2.24, 2.45) is 0 Å². The largest absolute Gasteiger partial charge is 0.381 e. The third-order valence-corrected chi connectivity index (χ3v) is 2.35. The molecule has 0 radical (unpaired) electrons. The lowest BCUT2D eigenvalue weighted by Crippen LogP contribution is -2.29. The maximum atomic E-state index is 10.6. The molecule has 0 aromatic carbocycles. The molecule has 0 aromatic rings. The van der Waals surface area contributed by atoms with Crippen molar-refractivity contribution in [3.05, 3.63) is 0 Å². The highest BCUT2D eigenvalue weighted by molar-refractivity contribution is 8.05. The average Bonchev–Trinajstić information content (AvgIpc) is 1.56. The summed E-state index contributed by atoms with van der Waals surface area (Å²) >= 11 is 15.2. The van der Waals surface area contributed by atoms with Crippen molar-refractivity contribution in [1.29, 1.82) is 0 Å². The highest BCUT2D eigenvalue weighted by Crippen LogP contribution is 2.60. The van der Waals surface area contributed by atoms with Gasteiger partial charge in [0.2, 0.25) is 0 Å². The van der Waals surface area contributed by atoms with E-state index in [1.807, 2.05) is 0 Å². The molecule has 0 aliphatic carbocycles. The van der Waals surface area contributed by atoms with Crippen LogP contribution in [0.15, 0.2) is 0 Å². The quantitative estimate of drug-likeness (QED) is 0.561. The molecular weight excluding hydrogens is 233 g/mol. The Bertz CT molecular complexity index is 209. The van der Waals surface area contributed by atoms with Gasteiger partial charge in [-0.05, 0) is 47.9 Å². The SMILES string of the molecule is CC(C)(OP(=O)(Cl)Cl)C(=O)Cl. The van der Waals surface area contributed by atoms with Crippen molar-refractivity contribution in [3.8, 4) is 0 Å². The minimum atomic E-state index is -3.70. The zero-order valence-corrected chi connectivity index (χ0v) is 8.97. The Hall–Kier alpha value is 0.730. The summed E-state index contributed by atoms with van der Waals surface area (Å²) in [6, 6.07) is 0. The van der Waals surface area contributed by atoms with E-state index in [0.717, 1.165) is 0 Å². The maximum absolute atomic E-state index is 10.6. The third kappa shape index (κ3) is 5.05. The van der Waals surface area contributed by atoms with Gasteiger partial charge in [0.1, 0.15) is 5.60 Å². The first-order valence-corrected chi connectivity index (χ1v) is 6.36. The van der Waals surface area contributed by atoms with Crippen LogP contribution in [0.4, 0.5) is 0 Å². The fraction of sp³-hybridized carbons (Fsp3) is 0.750. The number of hydrogen-bond acceptors (Lipinski definition) is 3. The Kier molecular flexibility index (Phi) is 3.87. The molecule has 0 bridgehead atoms. The van der Waals surface area contributed by atoms with E-state index in [2.05, 4.69) is 4.52 Å². The monoisotopic (exact) mass is 238 g/mol. The van der Waals surface area contributed by atoms with Gasteiger partial charge in [-0.3, -0.25) is 13.9 Å². The molecular formula is C4H6Cl3O3P. The predicted molar refractivity (Wildman–Crippen MR) is 45.3 cm³/mol. The highest BCUT2D eigenvalue weighted by atomic mass is 35.9. The van der Waals surface area contributed by atoms with E-state index in [0.29, 0.717) is 0 Å². The van der Waals surface area contributed by atoms with Gasteiger partial charge >= 0.3 is 6.07 Å². The number of carbonyl (C=O) groups excluding carboxylic acids is 1. The number of halogens is 3. The Morgan fingerprint density at radius 2 is 1.82 bits per heavy atom. The highest BCUT2D eigenvalue weighted by Gasteiger charge is 2.34. The van der Waals surface area contributed by atoms with Gasteiger partial charge in [-0.25, -0.2) is 0 Å². The summed E-state index contributed by atoms with van der Waals surface area (Å²) in [7, 11) is 0. The van der Waals surface area contributed by atoms with Crippen LogP contribution in [0.2, 0.25) is 0 Å². The first-order chi connectivity index (χ1) is 4.65. The fourth-order valence-corrected chi connectivity index (χ4v) is 2.04. The van der Waals surface area contributed by atoms with Gasteiger partial charge in [0.15, 0.2) is 0 Å². The molecule has 0 amide bonds. The maximum Gasteiger partial charge on any atom is 0.381 e. The molecule has 0 atom stereocenters. The molecule has 0 rings (SSSR count). The summed E-state index contributed by atoms with van der Waals surface area (Å²) in [5.41, 5.74) is -1.42. The van der Waals surface area contributed by atoms with Crippen molar-refractivity contribution in [2.45, 2.75) is 19.4 Å². The van der Waals surface area contributed by atoms with Crippen molar-refractivity contribution in [1.82, 2.24) is 0 Å². The Balaban J connectivity index is 4.37. The summed E-state index contributed by atoms with van der Waals surface area (Å²) in [5, 5.41) is -0.806. The summed E-state index contributed by atoms with van der Waals surface area (Å²) in [4.78, 5) is 10.5. The van der Waals surface area contributed by atoms with Gasteiger partial charge in [0.25, 0.3) is 5.24 Å². The van der Waals surface area contributed by atoms with Gasteiger partial charge in [-0.2, -0.15) is 0 Å². The molecule has 0 saturated carbocycles. The summed E-state index contributed by atoms with van der Waals surface area (Å²) in [6.07, 6.45) is -3.70. The van der Waals surface area contributed by atoms with Crippen LogP contribution in [-0.2, 0) is 13.9 Å². The second-order valence-corrected chi connectivity index (χ2v) is 6.83. The van der Waals surface area contributed by atoms with Crippen molar-refractivity contribution in [3.63, 3.8) is 0 Å². The number of carbonyl (C=O) groups is 1. The topological polar surface area (TPSA) is 43.4 Å². The van der Waals surface area contributed by atoms with E-state index in [-0.39, 0.29) is 0 Å². The van der Waals surface area contributed by atoms with Gasteiger partial charge < -0.3 is 0 Å².